The van der Waals surface area contributed by atoms with E-state index >= 15 is 0 Å². The van der Waals surface area contributed by atoms with Crippen molar-refractivity contribution in [3.8, 4) is 0 Å². The summed E-state index contributed by atoms with van der Waals surface area (Å²) in [6, 6.07) is 18.7. The van der Waals surface area contributed by atoms with Gasteiger partial charge >= 0.3 is 0 Å². The summed E-state index contributed by atoms with van der Waals surface area (Å²) < 4.78 is 52.8. The zero-order valence-corrected chi connectivity index (χ0v) is 78.2. The Morgan fingerprint density at radius 2 is 0.651 bits per heavy atom. The molecule has 0 aliphatic carbocycles. The molecule has 0 aliphatic heterocycles. The number of thioether (sulfide) groups is 7. The standard InChI is InChI=1S/C13H14ClN3OS.2C12H12ClN3OS.C12H13N3OS.C11H9Cl2N3OS.2C11H9F2N3OS/c1-3-9-4-5-15-12(14)10(9)7-19-13-16-8(2)6-11(18)17-13;1-7-5-11(17)16-12(15-7)18-6-9-8(2)14-4-3-10(9)13;1-7-3-4-14-11(13)9(7)6-18-12-15-8(2)5-10(17)16-12;1-8-3-4-13-6-10(8)7-17-12-14-9(2)5-11(16)15-12;2*1-6-2-9(17)16-11(15-6)18-5-7-3-14-4-8(12)10(7)13;1-6-4-9(17)16-11(15-6)18-5-7-8(12)2-3-14-10(7)13/h4-6H,3,7H2,1-2H3,(H,16,17,18);2*3-5H,6H2,1-2H3,(H,15,16,17);3-6H,7H2,1-2H3,(H,14,15,16);3*2-4H,5H2,1H3,(H,15,16,17). The van der Waals surface area contributed by atoms with Gasteiger partial charge in [0, 0.05) is 217 Å². The van der Waals surface area contributed by atoms with Gasteiger partial charge in [0.05, 0.1) is 21.8 Å². The highest BCUT2D eigenvalue weighted by atomic mass is 35.5. The molecule has 0 saturated heterocycles. The van der Waals surface area contributed by atoms with Crippen LogP contribution >= 0.6 is 140 Å². The Kier molecular flexibility index (Phi) is 41.0. The number of aryl methyl sites for hydroxylation is 11. The molecule has 44 heteroatoms. The number of aromatic amines is 7. The Labute approximate surface area is 772 Å². The second-order valence-corrected chi connectivity index (χ2v) is 34.9. The molecule has 0 amide bonds. The van der Waals surface area contributed by atoms with E-state index < -0.39 is 23.4 Å². The Morgan fingerprint density at radius 1 is 0.310 bits per heavy atom. The monoisotopic (exact) mass is 1940 g/mol. The first-order valence-electron chi connectivity index (χ1n) is 37.1. The van der Waals surface area contributed by atoms with E-state index in [9.17, 15) is 51.1 Å². The molecule has 0 aliphatic rings. The minimum Gasteiger partial charge on any atom is -0.301 e. The van der Waals surface area contributed by atoms with Gasteiger partial charge in [-0.05, 0) is 128 Å². The van der Waals surface area contributed by atoms with Gasteiger partial charge in [-0.2, -0.15) is 4.39 Å². The molecule has 7 N–H and O–H groups in total. The largest absolute Gasteiger partial charge is 0.301 e. The lowest BCUT2D eigenvalue weighted by Gasteiger charge is -2.08. The van der Waals surface area contributed by atoms with E-state index in [2.05, 4.69) is 112 Å². The van der Waals surface area contributed by atoms with Crippen molar-refractivity contribution in [2.75, 3.05) is 0 Å². The van der Waals surface area contributed by atoms with E-state index in [0.717, 1.165) is 98.9 Å². The quantitative estimate of drug-likeness (QED) is 0.0143. The summed E-state index contributed by atoms with van der Waals surface area (Å²) in [7, 11) is 0. The highest BCUT2D eigenvalue weighted by Crippen LogP contribution is 2.32. The van der Waals surface area contributed by atoms with Crippen molar-refractivity contribution in [1.82, 2.24) is 105 Å². The molecular weight excluding hydrogens is 1870 g/mol. The van der Waals surface area contributed by atoms with Crippen LogP contribution in [0, 0.1) is 92.6 Å². The average Bonchev–Trinajstić information content (AvgIpc) is 0.888. The van der Waals surface area contributed by atoms with Gasteiger partial charge in [-0.15, -0.1) is 0 Å². The van der Waals surface area contributed by atoms with Gasteiger partial charge in [0.2, 0.25) is 5.95 Å². The third kappa shape index (κ3) is 34.2. The van der Waals surface area contributed by atoms with E-state index in [1.54, 1.807) is 78.6 Å². The van der Waals surface area contributed by atoms with Crippen LogP contribution in [-0.2, 0) is 46.7 Å². The van der Waals surface area contributed by atoms with Gasteiger partial charge < -0.3 is 34.9 Å². The molecule has 14 rings (SSSR count). The van der Waals surface area contributed by atoms with E-state index in [1.807, 2.05) is 52.1 Å². The minimum atomic E-state index is -0.987. The number of rotatable bonds is 22. The highest BCUT2D eigenvalue weighted by Gasteiger charge is 2.16. The first kappa shape index (κ1) is 101. The van der Waals surface area contributed by atoms with Crippen molar-refractivity contribution < 1.29 is 17.6 Å². The molecule has 28 nitrogen and oxygen atoms in total. The third-order valence-corrected chi connectivity index (χ3v) is 24.5. The van der Waals surface area contributed by atoms with Crippen molar-refractivity contribution in [1.29, 1.82) is 0 Å². The fourth-order valence-corrected chi connectivity index (χ4v) is 18.3. The van der Waals surface area contributed by atoms with Gasteiger partial charge in [0.1, 0.15) is 16.1 Å². The van der Waals surface area contributed by atoms with E-state index in [1.165, 1.54) is 125 Å². The number of aromatic nitrogens is 21. The molecule has 0 bridgehead atoms. The summed E-state index contributed by atoms with van der Waals surface area (Å²) in [5.74, 6) is -0.0714. The number of hydrogen-bond acceptors (Lipinski definition) is 28. The Morgan fingerprint density at radius 3 is 1.06 bits per heavy atom. The molecule has 126 heavy (non-hydrogen) atoms. The molecule has 14 aromatic rings. The number of halogens is 9. The van der Waals surface area contributed by atoms with Crippen molar-refractivity contribution in [3.05, 3.63) is 357 Å². The first-order valence-corrected chi connectivity index (χ1v) is 45.9. The van der Waals surface area contributed by atoms with Crippen molar-refractivity contribution >= 4 is 140 Å². The third-order valence-electron chi connectivity index (χ3n) is 16.3. The zero-order valence-electron chi connectivity index (χ0n) is 68.7. The maximum absolute atomic E-state index is 13.3. The smallest absolute Gasteiger partial charge is 0.251 e. The lowest BCUT2D eigenvalue weighted by atomic mass is 10.1. The predicted molar refractivity (Wildman–Crippen MR) is 492 cm³/mol. The van der Waals surface area contributed by atoms with Crippen LogP contribution in [0.3, 0.4) is 0 Å². The Bertz CT molecular complexity index is 6110. The van der Waals surface area contributed by atoms with Crippen molar-refractivity contribution in [2.45, 2.75) is 159 Å². The molecular formula is C82H78Cl5F4N21O7S7. The first-order chi connectivity index (χ1) is 60.0. The lowest BCUT2D eigenvalue weighted by molar-refractivity contribution is 0.497. The van der Waals surface area contributed by atoms with Crippen LogP contribution in [0.4, 0.5) is 17.6 Å². The second kappa shape index (κ2) is 51.0. The van der Waals surface area contributed by atoms with Crippen LogP contribution < -0.4 is 38.9 Å². The van der Waals surface area contributed by atoms with Crippen LogP contribution in [0.15, 0.2) is 204 Å². The summed E-state index contributed by atoms with van der Waals surface area (Å²) in [6.07, 6.45) is 15.9. The lowest BCUT2D eigenvalue weighted by Crippen LogP contribution is -2.08. The van der Waals surface area contributed by atoms with Gasteiger partial charge in [-0.1, -0.05) is 147 Å². The average molecular weight is 1950 g/mol. The van der Waals surface area contributed by atoms with Gasteiger partial charge in [-0.25, -0.2) is 63.0 Å². The maximum atomic E-state index is 13.3. The number of hydrogen-bond donors (Lipinski definition) is 7. The molecule has 0 atom stereocenters. The van der Waals surface area contributed by atoms with Crippen molar-refractivity contribution in [2.24, 2.45) is 0 Å². The zero-order chi connectivity index (χ0) is 91.7. The molecule has 0 aromatic carbocycles. The topological polar surface area (TPSA) is 410 Å². The predicted octanol–water partition coefficient (Wildman–Crippen LogP) is 17.7. The Balaban J connectivity index is 0.000000182. The number of pyridine rings is 7. The van der Waals surface area contributed by atoms with Crippen molar-refractivity contribution in [3.63, 3.8) is 0 Å². The normalized spacial score (nSPS) is 10.6. The summed E-state index contributed by atoms with van der Waals surface area (Å²) in [4.78, 5) is 154. The number of nitrogens with zero attached hydrogens (tertiary/aromatic N) is 14. The van der Waals surface area contributed by atoms with Gasteiger partial charge in [0.15, 0.2) is 47.7 Å². The SMILES string of the molecule is CCc1ccnc(Cl)c1CSc1nc(C)cc(=O)[nH]1.Cc1cc(=O)[nH]c(SCc2c(C)ccnc2Cl)n1.Cc1cc(=O)[nH]c(SCc2c(Cl)ccnc2C)n1.Cc1cc(=O)[nH]c(SCc2c(F)ccnc2F)n1.Cc1cc(=O)[nH]c(SCc2cncc(Cl)c2Cl)n1.Cc1cc(=O)[nH]c(SCc2cncc(F)c2F)n1.Cc1cc(=O)[nH]c(SCc2cnccc2C)n1. The number of H-pyrrole nitrogens is 7. The van der Waals surface area contributed by atoms with E-state index in [4.69, 9.17) is 58.0 Å². The maximum Gasteiger partial charge on any atom is 0.251 e. The van der Waals surface area contributed by atoms with Gasteiger partial charge in [-0.3, -0.25) is 53.5 Å². The Hall–Kier alpha value is -10.2. The molecule has 0 unspecified atom stereocenters. The minimum absolute atomic E-state index is 0.0118. The van der Waals surface area contributed by atoms with Crippen LogP contribution in [0.1, 0.15) is 108 Å². The molecule has 14 heterocycles. The number of nitrogens with one attached hydrogen (secondary N) is 7. The fourth-order valence-electron chi connectivity index (χ4n) is 10.1. The van der Waals surface area contributed by atoms with E-state index in [-0.39, 0.29) is 61.5 Å². The summed E-state index contributed by atoms with van der Waals surface area (Å²) in [5, 5.41) is 6.28. The molecule has 0 radical (unpaired) electrons. The fraction of sp³-hybridized carbons (Fsp3) is 0.232. The van der Waals surface area contributed by atoms with Crippen LogP contribution in [0.2, 0.25) is 25.4 Å². The summed E-state index contributed by atoms with van der Waals surface area (Å²) >= 11 is 39.6. The van der Waals surface area contributed by atoms with Gasteiger partial charge in [0.25, 0.3) is 38.9 Å². The molecule has 0 spiro atoms. The van der Waals surface area contributed by atoms with Crippen LogP contribution in [0.5, 0.6) is 0 Å². The highest BCUT2D eigenvalue weighted by molar-refractivity contribution is 7.99. The van der Waals surface area contributed by atoms with E-state index in [0.29, 0.717) is 119 Å². The second-order valence-electron chi connectivity index (χ2n) is 26.3. The molecule has 0 fully saturated rings. The molecule has 0 saturated carbocycles. The van der Waals surface area contributed by atoms with Crippen LogP contribution in [-0.4, -0.2) is 105 Å². The van der Waals surface area contributed by atoms with Crippen LogP contribution in [0.25, 0.3) is 0 Å². The molecule has 14 aromatic heterocycles. The molecule has 658 valence electrons. The summed E-state index contributed by atoms with van der Waals surface area (Å²) in [6.45, 7) is 20.3. The summed E-state index contributed by atoms with van der Waals surface area (Å²) in [5.41, 5.74) is 12.6.